The van der Waals surface area contributed by atoms with Gasteiger partial charge in [0, 0.05) is 20.1 Å². The van der Waals surface area contributed by atoms with E-state index in [1.165, 1.54) is 4.57 Å². The zero-order valence-corrected chi connectivity index (χ0v) is 19.1. The maximum Gasteiger partial charge on any atom is 0.333 e. The lowest BCUT2D eigenvalue weighted by Crippen LogP contribution is -2.31. The molecule has 1 atom stereocenters. The van der Waals surface area contributed by atoms with Crippen LogP contribution in [0.2, 0.25) is 0 Å². The van der Waals surface area contributed by atoms with Crippen LogP contribution in [0.3, 0.4) is 0 Å². The van der Waals surface area contributed by atoms with E-state index in [1.807, 2.05) is 6.92 Å². The standard InChI is InChI=1S/C23H32N4O5/c1-5-7-18(24)20-21(25-4)22(28)27(15(3)26-20)12-13-32-17-10-8-16(9-11-17)14-19(23(29)30)31-6-2/h8-11,19,24-25H,5-7,12-14H2,1-4H3,(H,29,30). The Morgan fingerprint density at radius 1 is 1.28 bits per heavy atom. The first-order valence-corrected chi connectivity index (χ1v) is 10.7. The summed E-state index contributed by atoms with van der Waals surface area (Å²) in [5, 5.41) is 20.3. The molecule has 9 heteroatoms. The highest BCUT2D eigenvalue weighted by atomic mass is 16.5. The molecule has 0 saturated carbocycles. The number of aryl methyl sites for hydroxylation is 1. The number of carboxylic acid groups (broad SMARTS) is 1. The minimum Gasteiger partial charge on any atom is -0.492 e. The Morgan fingerprint density at radius 3 is 2.53 bits per heavy atom. The second kappa shape index (κ2) is 12.0. The van der Waals surface area contributed by atoms with Crippen LogP contribution in [0.4, 0.5) is 5.69 Å². The average molecular weight is 445 g/mol. The third-order valence-corrected chi connectivity index (χ3v) is 4.97. The summed E-state index contributed by atoms with van der Waals surface area (Å²) in [6, 6.07) is 7.14. The van der Waals surface area contributed by atoms with Gasteiger partial charge in [-0.15, -0.1) is 0 Å². The van der Waals surface area contributed by atoms with E-state index in [9.17, 15) is 14.7 Å². The van der Waals surface area contributed by atoms with Gasteiger partial charge in [-0.1, -0.05) is 25.5 Å². The summed E-state index contributed by atoms with van der Waals surface area (Å²) in [6.07, 6.45) is 0.760. The van der Waals surface area contributed by atoms with Gasteiger partial charge in [0.15, 0.2) is 6.10 Å². The Morgan fingerprint density at radius 2 is 1.97 bits per heavy atom. The molecule has 0 aliphatic rings. The molecule has 174 valence electrons. The molecule has 1 aromatic heterocycles. The van der Waals surface area contributed by atoms with Gasteiger partial charge in [0.2, 0.25) is 0 Å². The molecule has 32 heavy (non-hydrogen) atoms. The van der Waals surface area contributed by atoms with Crippen molar-refractivity contribution in [2.24, 2.45) is 0 Å². The molecule has 0 aliphatic carbocycles. The highest BCUT2D eigenvalue weighted by Crippen LogP contribution is 2.15. The highest BCUT2D eigenvalue weighted by Gasteiger charge is 2.18. The lowest BCUT2D eigenvalue weighted by Gasteiger charge is -2.16. The van der Waals surface area contributed by atoms with Gasteiger partial charge < -0.3 is 25.3 Å². The van der Waals surface area contributed by atoms with Crippen LogP contribution >= 0.6 is 0 Å². The van der Waals surface area contributed by atoms with Crippen LogP contribution in [0, 0.1) is 12.3 Å². The molecular weight excluding hydrogens is 412 g/mol. The fraction of sp³-hybridized carbons (Fsp3) is 0.478. The molecule has 2 aromatic rings. The summed E-state index contributed by atoms with van der Waals surface area (Å²) in [7, 11) is 1.65. The van der Waals surface area contributed by atoms with Crippen molar-refractivity contribution in [2.75, 3.05) is 25.6 Å². The molecule has 1 aromatic carbocycles. The van der Waals surface area contributed by atoms with Crippen LogP contribution in [-0.4, -0.2) is 52.7 Å². The predicted molar refractivity (Wildman–Crippen MR) is 123 cm³/mol. The summed E-state index contributed by atoms with van der Waals surface area (Å²) in [6.45, 7) is 6.39. The number of hydrogen-bond acceptors (Lipinski definition) is 7. The highest BCUT2D eigenvalue weighted by molar-refractivity contribution is 6.00. The molecule has 1 heterocycles. The van der Waals surface area contributed by atoms with E-state index in [4.69, 9.17) is 14.9 Å². The number of hydrogen-bond donors (Lipinski definition) is 3. The van der Waals surface area contributed by atoms with E-state index < -0.39 is 12.1 Å². The van der Waals surface area contributed by atoms with E-state index in [0.29, 0.717) is 48.2 Å². The van der Waals surface area contributed by atoms with Crippen LogP contribution in [-0.2, 0) is 22.5 Å². The first-order chi connectivity index (χ1) is 15.3. The zero-order chi connectivity index (χ0) is 23.7. The molecule has 1 unspecified atom stereocenters. The van der Waals surface area contributed by atoms with Gasteiger partial charge in [-0.2, -0.15) is 0 Å². The first kappa shape index (κ1) is 25.1. The number of aromatic nitrogens is 2. The first-order valence-electron chi connectivity index (χ1n) is 10.7. The molecule has 0 radical (unpaired) electrons. The number of ether oxygens (including phenoxy) is 2. The molecule has 0 saturated heterocycles. The SMILES string of the molecule is CCCC(=N)c1nc(C)n(CCOc2ccc(CC(OCC)C(=O)O)cc2)c(=O)c1NC. The predicted octanol–water partition coefficient (Wildman–Crippen LogP) is 2.87. The summed E-state index contributed by atoms with van der Waals surface area (Å²) < 4.78 is 12.5. The van der Waals surface area contributed by atoms with E-state index in [1.54, 1.807) is 45.2 Å². The number of benzene rings is 1. The number of nitrogens with one attached hydrogen (secondary N) is 2. The number of nitrogens with zero attached hydrogens (tertiary/aromatic N) is 2. The Kier molecular flexibility index (Phi) is 9.39. The van der Waals surface area contributed by atoms with Crippen LogP contribution in [0.25, 0.3) is 0 Å². The number of aliphatic carboxylic acids is 1. The van der Waals surface area contributed by atoms with Crippen molar-refractivity contribution in [3.63, 3.8) is 0 Å². The Labute approximate surface area is 187 Å². The van der Waals surface area contributed by atoms with Crippen LogP contribution in [0.15, 0.2) is 29.1 Å². The fourth-order valence-electron chi connectivity index (χ4n) is 3.35. The van der Waals surface area contributed by atoms with Gasteiger partial charge in [-0.05, 0) is 38.0 Å². The van der Waals surface area contributed by atoms with Crippen LogP contribution in [0.5, 0.6) is 5.75 Å². The second-order valence-corrected chi connectivity index (χ2v) is 7.30. The summed E-state index contributed by atoms with van der Waals surface area (Å²) in [5.74, 6) is 0.156. The largest absolute Gasteiger partial charge is 0.492 e. The molecule has 0 bridgehead atoms. The minimum absolute atomic E-state index is 0.231. The van der Waals surface area contributed by atoms with Gasteiger partial charge in [0.1, 0.15) is 29.6 Å². The zero-order valence-electron chi connectivity index (χ0n) is 19.1. The monoisotopic (exact) mass is 444 g/mol. The number of rotatable bonds is 13. The third kappa shape index (κ3) is 6.40. The summed E-state index contributed by atoms with van der Waals surface area (Å²) >= 11 is 0. The van der Waals surface area contributed by atoms with Crippen molar-refractivity contribution in [3.8, 4) is 5.75 Å². The van der Waals surface area contributed by atoms with Crippen LogP contribution < -0.4 is 15.6 Å². The van der Waals surface area contributed by atoms with Crippen molar-refractivity contribution in [2.45, 2.75) is 52.7 Å². The normalized spacial score (nSPS) is 11.8. The Balaban J connectivity index is 2.05. The molecule has 0 spiro atoms. The van der Waals surface area contributed by atoms with Crippen molar-refractivity contribution >= 4 is 17.4 Å². The average Bonchev–Trinajstić information content (AvgIpc) is 2.76. The van der Waals surface area contributed by atoms with Crippen molar-refractivity contribution in [3.05, 3.63) is 51.7 Å². The van der Waals surface area contributed by atoms with E-state index >= 15 is 0 Å². The summed E-state index contributed by atoms with van der Waals surface area (Å²) in [5.41, 5.74) is 1.66. The van der Waals surface area contributed by atoms with E-state index in [0.717, 1.165) is 12.0 Å². The van der Waals surface area contributed by atoms with Gasteiger partial charge in [0.25, 0.3) is 5.56 Å². The van der Waals surface area contributed by atoms with Gasteiger partial charge in [0.05, 0.1) is 12.3 Å². The minimum atomic E-state index is -0.988. The maximum absolute atomic E-state index is 12.9. The van der Waals surface area contributed by atoms with Crippen molar-refractivity contribution in [1.82, 2.24) is 9.55 Å². The lowest BCUT2D eigenvalue weighted by molar-refractivity contribution is -0.149. The quantitative estimate of drug-likeness (QED) is 0.406. The molecular formula is C23H32N4O5. The van der Waals surface area contributed by atoms with Crippen LogP contribution in [0.1, 0.15) is 43.8 Å². The Bertz CT molecular complexity index is 985. The number of carbonyl (C=O) groups is 1. The topological polar surface area (TPSA) is 127 Å². The lowest BCUT2D eigenvalue weighted by atomic mass is 10.1. The van der Waals surface area contributed by atoms with Gasteiger partial charge >= 0.3 is 5.97 Å². The molecule has 2 rings (SSSR count). The maximum atomic E-state index is 12.9. The van der Waals surface area contributed by atoms with E-state index in [2.05, 4.69) is 10.3 Å². The smallest absolute Gasteiger partial charge is 0.333 e. The fourth-order valence-corrected chi connectivity index (χ4v) is 3.35. The van der Waals surface area contributed by atoms with Crippen molar-refractivity contribution in [1.29, 1.82) is 5.41 Å². The number of anilines is 1. The van der Waals surface area contributed by atoms with E-state index in [-0.39, 0.29) is 18.6 Å². The van der Waals surface area contributed by atoms with Gasteiger partial charge in [-0.25, -0.2) is 9.78 Å². The molecule has 3 N–H and O–H groups in total. The third-order valence-electron chi connectivity index (χ3n) is 4.97. The number of carboxylic acids is 1. The molecule has 0 aliphatic heterocycles. The molecule has 0 amide bonds. The second-order valence-electron chi connectivity index (χ2n) is 7.30. The Hall–Kier alpha value is -3.20. The summed E-state index contributed by atoms with van der Waals surface area (Å²) in [4.78, 5) is 28.6. The molecule has 9 nitrogen and oxygen atoms in total. The molecule has 0 fully saturated rings. The van der Waals surface area contributed by atoms with Gasteiger partial charge in [-0.3, -0.25) is 9.36 Å². The van der Waals surface area contributed by atoms with Crippen molar-refractivity contribution < 1.29 is 19.4 Å².